The van der Waals surface area contributed by atoms with Crippen LogP contribution in [0.5, 0.6) is 0 Å². The lowest BCUT2D eigenvalue weighted by Crippen LogP contribution is -1.89. The first-order chi connectivity index (χ1) is 7.86. The Morgan fingerprint density at radius 1 is 1.12 bits per heavy atom. The maximum absolute atomic E-state index is 11.8. The van der Waals surface area contributed by atoms with E-state index in [0.717, 1.165) is 5.56 Å². The third-order valence-corrected chi connectivity index (χ3v) is 2.95. The Morgan fingerprint density at radius 2 is 2.06 bits per heavy atom. The van der Waals surface area contributed by atoms with Gasteiger partial charge in [0.15, 0.2) is 0 Å². The molecule has 4 heteroatoms. The van der Waals surface area contributed by atoms with Crippen LogP contribution in [0.3, 0.4) is 0 Å². The third kappa shape index (κ3) is 2.84. The quantitative estimate of drug-likeness (QED) is 0.812. The lowest BCUT2D eigenvalue weighted by molar-refractivity contribution is 0.686. The molecule has 0 fully saturated rings. The standard InChI is InChI=1S/C12H10N2OS/c15-16(12-5-1-2-8-14-12)9-6-11-4-3-7-13-10-11/h1-10H/b9-6-. The summed E-state index contributed by atoms with van der Waals surface area (Å²) in [5.41, 5.74) is 0.923. The van der Waals surface area contributed by atoms with E-state index in [1.165, 1.54) is 0 Å². The summed E-state index contributed by atoms with van der Waals surface area (Å²) in [5.74, 6) is 0. The first-order valence-corrected chi connectivity index (χ1v) is 5.97. The first-order valence-electron chi connectivity index (χ1n) is 4.76. The molecule has 0 amide bonds. The molecule has 2 heterocycles. The van der Waals surface area contributed by atoms with Gasteiger partial charge < -0.3 is 0 Å². The zero-order chi connectivity index (χ0) is 11.2. The van der Waals surface area contributed by atoms with Crippen molar-refractivity contribution >= 4 is 16.9 Å². The van der Waals surface area contributed by atoms with E-state index in [4.69, 9.17) is 0 Å². The van der Waals surface area contributed by atoms with Crippen LogP contribution in [0, 0.1) is 0 Å². The highest BCUT2D eigenvalue weighted by Crippen LogP contribution is 2.06. The smallest absolute Gasteiger partial charge is 0.131 e. The molecular formula is C12H10N2OS. The minimum absolute atomic E-state index is 0.558. The van der Waals surface area contributed by atoms with Crippen molar-refractivity contribution in [1.82, 2.24) is 9.97 Å². The van der Waals surface area contributed by atoms with Gasteiger partial charge in [-0.05, 0) is 29.8 Å². The second-order valence-electron chi connectivity index (χ2n) is 3.05. The van der Waals surface area contributed by atoms with Crippen LogP contribution in [0.4, 0.5) is 0 Å². The molecule has 0 aromatic carbocycles. The fourth-order valence-corrected chi connectivity index (χ4v) is 1.95. The third-order valence-electron chi connectivity index (χ3n) is 1.91. The molecule has 1 unspecified atom stereocenters. The second kappa shape index (κ2) is 5.32. The molecule has 2 aromatic heterocycles. The molecule has 0 radical (unpaired) electrons. The molecule has 0 spiro atoms. The highest BCUT2D eigenvalue weighted by molar-refractivity contribution is 7.88. The van der Waals surface area contributed by atoms with Crippen LogP contribution in [0.1, 0.15) is 5.56 Å². The van der Waals surface area contributed by atoms with Gasteiger partial charge >= 0.3 is 0 Å². The van der Waals surface area contributed by atoms with Gasteiger partial charge in [0.2, 0.25) is 0 Å². The Hall–Kier alpha value is -1.81. The van der Waals surface area contributed by atoms with Gasteiger partial charge in [0.05, 0.1) is 10.8 Å². The summed E-state index contributed by atoms with van der Waals surface area (Å²) in [5, 5.41) is 2.17. The Balaban J connectivity index is 2.12. The van der Waals surface area contributed by atoms with E-state index in [-0.39, 0.29) is 0 Å². The van der Waals surface area contributed by atoms with Crippen LogP contribution in [0.15, 0.2) is 59.4 Å². The number of hydrogen-bond acceptors (Lipinski definition) is 3. The largest absolute Gasteiger partial charge is 0.264 e. The highest BCUT2D eigenvalue weighted by atomic mass is 32.2. The van der Waals surface area contributed by atoms with Gasteiger partial charge in [-0.25, -0.2) is 9.19 Å². The topological polar surface area (TPSA) is 42.9 Å². The maximum Gasteiger partial charge on any atom is 0.131 e. The fourth-order valence-electron chi connectivity index (χ4n) is 1.15. The van der Waals surface area contributed by atoms with Crippen molar-refractivity contribution < 1.29 is 4.21 Å². The molecule has 0 saturated heterocycles. The second-order valence-corrected chi connectivity index (χ2v) is 4.34. The summed E-state index contributed by atoms with van der Waals surface area (Å²) in [7, 11) is -1.20. The normalized spacial score (nSPS) is 12.8. The molecule has 2 rings (SSSR count). The first kappa shape index (κ1) is 10.7. The fraction of sp³-hybridized carbons (Fsp3) is 0. The van der Waals surface area contributed by atoms with Crippen molar-refractivity contribution in [3.8, 4) is 0 Å². The zero-order valence-corrected chi connectivity index (χ0v) is 9.30. The number of aromatic nitrogens is 2. The minimum atomic E-state index is -1.20. The molecule has 3 nitrogen and oxygen atoms in total. The van der Waals surface area contributed by atoms with E-state index in [9.17, 15) is 4.21 Å². The molecule has 0 N–H and O–H groups in total. The molecule has 16 heavy (non-hydrogen) atoms. The van der Waals surface area contributed by atoms with Crippen LogP contribution < -0.4 is 0 Å². The Bertz CT molecular complexity index is 497. The van der Waals surface area contributed by atoms with E-state index >= 15 is 0 Å². The van der Waals surface area contributed by atoms with Gasteiger partial charge in [-0.15, -0.1) is 0 Å². The lowest BCUT2D eigenvalue weighted by atomic mass is 10.3. The SMILES string of the molecule is O=S(/C=C\c1cccnc1)c1ccccn1. The predicted molar refractivity (Wildman–Crippen MR) is 63.9 cm³/mol. The summed E-state index contributed by atoms with van der Waals surface area (Å²) >= 11 is 0. The van der Waals surface area contributed by atoms with Gasteiger partial charge in [-0.3, -0.25) is 4.98 Å². The van der Waals surface area contributed by atoms with Crippen LogP contribution in [0.25, 0.3) is 6.08 Å². The molecule has 2 aromatic rings. The molecule has 0 aliphatic heterocycles. The Labute approximate surface area is 96.3 Å². The van der Waals surface area contributed by atoms with Crippen molar-refractivity contribution in [3.05, 3.63) is 59.9 Å². The van der Waals surface area contributed by atoms with Gasteiger partial charge in [-0.1, -0.05) is 12.1 Å². The average Bonchev–Trinajstić information content (AvgIpc) is 2.38. The summed E-state index contributed by atoms with van der Waals surface area (Å²) in [6, 6.07) is 9.09. The van der Waals surface area contributed by atoms with E-state index < -0.39 is 10.8 Å². The summed E-state index contributed by atoms with van der Waals surface area (Å²) in [4.78, 5) is 7.99. The molecule has 80 valence electrons. The van der Waals surface area contributed by atoms with Crippen molar-refractivity contribution in [2.24, 2.45) is 0 Å². The van der Waals surface area contributed by atoms with E-state index in [1.807, 2.05) is 18.2 Å². The maximum atomic E-state index is 11.8. The summed E-state index contributed by atoms with van der Waals surface area (Å²) < 4.78 is 11.8. The van der Waals surface area contributed by atoms with Gasteiger partial charge in [0.25, 0.3) is 0 Å². The number of pyridine rings is 2. The summed E-state index contributed by atoms with van der Waals surface area (Å²) in [6.07, 6.45) is 6.82. The van der Waals surface area contributed by atoms with Crippen LogP contribution >= 0.6 is 0 Å². The van der Waals surface area contributed by atoms with Crippen molar-refractivity contribution in [3.63, 3.8) is 0 Å². The highest BCUT2D eigenvalue weighted by Gasteiger charge is 1.98. The average molecular weight is 230 g/mol. The van der Waals surface area contributed by atoms with Crippen molar-refractivity contribution in [2.75, 3.05) is 0 Å². The van der Waals surface area contributed by atoms with Crippen LogP contribution in [0.2, 0.25) is 0 Å². The molecule has 0 aliphatic rings. The molecular weight excluding hydrogens is 220 g/mol. The van der Waals surface area contributed by atoms with Crippen molar-refractivity contribution in [2.45, 2.75) is 5.03 Å². The van der Waals surface area contributed by atoms with E-state index in [2.05, 4.69) is 9.97 Å². The monoisotopic (exact) mass is 230 g/mol. The lowest BCUT2D eigenvalue weighted by Gasteiger charge is -1.94. The van der Waals surface area contributed by atoms with Gasteiger partial charge in [0.1, 0.15) is 5.03 Å². The van der Waals surface area contributed by atoms with Gasteiger partial charge in [0, 0.05) is 24.0 Å². The van der Waals surface area contributed by atoms with E-state index in [0.29, 0.717) is 5.03 Å². The van der Waals surface area contributed by atoms with Crippen molar-refractivity contribution in [1.29, 1.82) is 0 Å². The molecule has 0 saturated carbocycles. The summed E-state index contributed by atoms with van der Waals surface area (Å²) in [6.45, 7) is 0. The molecule has 0 aliphatic carbocycles. The van der Waals surface area contributed by atoms with Crippen LogP contribution in [-0.2, 0) is 10.8 Å². The predicted octanol–water partition coefficient (Wildman–Crippen LogP) is 2.26. The Kier molecular flexibility index (Phi) is 3.56. The Morgan fingerprint density at radius 3 is 2.75 bits per heavy atom. The number of rotatable bonds is 3. The zero-order valence-electron chi connectivity index (χ0n) is 8.48. The van der Waals surface area contributed by atoms with Crippen LogP contribution in [-0.4, -0.2) is 14.2 Å². The van der Waals surface area contributed by atoms with E-state index in [1.54, 1.807) is 42.2 Å². The number of nitrogens with zero attached hydrogens (tertiary/aromatic N) is 2. The van der Waals surface area contributed by atoms with Gasteiger partial charge in [-0.2, -0.15) is 0 Å². The number of hydrogen-bond donors (Lipinski definition) is 0. The molecule has 1 atom stereocenters. The molecule has 0 bridgehead atoms. The minimum Gasteiger partial charge on any atom is -0.264 e.